The molecule has 0 radical (unpaired) electrons. The molecule has 1 heterocycles. The maximum atomic E-state index is 5.49. The van der Waals surface area contributed by atoms with Crippen LogP contribution >= 0.6 is 15.9 Å². The SMILES string of the molecule is Nc1nc(N)nc(COc2cccc(Br)c2)n1. The third-order valence-corrected chi connectivity index (χ3v) is 2.37. The molecule has 4 N–H and O–H groups in total. The summed E-state index contributed by atoms with van der Waals surface area (Å²) in [5.74, 6) is 1.28. The first-order chi connectivity index (χ1) is 8.13. The van der Waals surface area contributed by atoms with E-state index in [1.165, 1.54) is 0 Å². The predicted octanol–water partition coefficient (Wildman–Crippen LogP) is 1.38. The topological polar surface area (TPSA) is 99.9 Å². The highest BCUT2D eigenvalue weighted by molar-refractivity contribution is 9.10. The molecule has 1 aromatic carbocycles. The number of nitrogen functional groups attached to an aromatic ring is 2. The van der Waals surface area contributed by atoms with Gasteiger partial charge >= 0.3 is 0 Å². The van der Waals surface area contributed by atoms with Gasteiger partial charge < -0.3 is 16.2 Å². The zero-order chi connectivity index (χ0) is 12.3. The second kappa shape index (κ2) is 4.96. The van der Waals surface area contributed by atoms with Crippen molar-refractivity contribution in [2.45, 2.75) is 6.61 Å². The van der Waals surface area contributed by atoms with Gasteiger partial charge in [-0.05, 0) is 18.2 Å². The fraction of sp³-hybridized carbons (Fsp3) is 0.100. The van der Waals surface area contributed by atoms with Crippen molar-refractivity contribution in [2.75, 3.05) is 11.5 Å². The average Bonchev–Trinajstić information content (AvgIpc) is 2.25. The number of nitrogens with two attached hydrogens (primary N) is 2. The number of ether oxygens (including phenoxy) is 1. The van der Waals surface area contributed by atoms with E-state index in [0.717, 1.165) is 4.47 Å². The van der Waals surface area contributed by atoms with Crippen LogP contribution in [0.4, 0.5) is 11.9 Å². The number of aromatic nitrogens is 3. The molecule has 88 valence electrons. The molecule has 0 atom stereocenters. The maximum absolute atomic E-state index is 5.49. The van der Waals surface area contributed by atoms with Crippen molar-refractivity contribution in [1.29, 1.82) is 0 Å². The monoisotopic (exact) mass is 295 g/mol. The summed E-state index contributed by atoms with van der Waals surface area (Å²) in [6, 6.07) is 7.45. The lowest BCUT2D eigenvalue weighted by molar-refractivity contribution is 0.295. The van der Waals surface area contributed by atoms with Gasteiger partial charge in [-0.3, -0.25) is 0 Å². The van der Waals surface area contributed by atoms with Gasteiger partial charge in [-0.1, -0.05) is 22.0 Å². The number of hydrogen-bond acceptors (Lipinski definition) is 6. The first-order valence-corrected chi connectivity index (χ1v) is 5.57. The fourth-order valence-electron chi connectivity index (χ4n) is 1.23. The Bertz CT molecular complexity index is 514. The maximum Gasteiger partial charge on any atom is 0.225 e. The summed E-state index contributed by atoms with van der Waals surface area (Å²) >= 11 is 3.35. The molecule has 0 saturated heterocycles. The molecule has 0 fully saturated rings. The minimum absolute atomic E-state index is 0.0883. The van der Waals surface area contributed by atoms with E-state index in [1.54, 1.807) is 0 Å². The van der Waals surface area contributed by atoms with Crippen molar-refractivity contribution in [3.63, 3.8) is 0 Å². The lowest BCUT2D eigenvalue weighted by atomic mass is 10.3. The van der Waals surface area contributed by atoms with Gasteiger partial charge in [0.25, 0.3) is 0 Å². The van der Waals surface area contributed by atoms with Gasteiger partial charge in [0.05, 0.1) is 0 Å². The van der Waals surface area contributed by atoms with E-state index in [4.69, 9.17) is 16.2 Å². The number of hydrogen-bond donors (Lipinski definition) is 2. The first kappa shape index (κ1) is 11.6. The van der Waals surface area contributed by atoms with Crippen LogP contribution in [0.15, 0.2) is 28.7 Å². The van der Waals surface area contributed by atoms with Crippen LogP contribution in [0.1, 0.15) is 5.82 Å². The largest absolute Gasteiger partial charge is 0.486 e. The molecule has 17 heavy (non-hydrogen) atoms. The minimum Gasteiger partial charge on any atom is -0.486 e. The van der Waals surface area contributed by atoms with Crippen LogP contribution in [0.5, 0.6) is 5.75 Å². The molecule has 0 aliphatic rings. The van der Waals surface area contributed by atoms with Gasteiger partial charge in [0.2, 0.25) is 11.9 Å². The van der Waals surface area contributed by atoms with Crippen LogP contribution in [-0.2, 0) is 6.61 Å². The molecule has 0 unspecified atom stereocenters. The predicted molar refractivity (Wildman–Crippen MR) is 67.1 cm³/mol. The highest BCUT2D eigenvalue weighted by Crippen LogP contribution is 2.18. The highest BCUT2D eigenvalue weighted by Gasteiger charge is 2.03. The minimum atomic E-state index is 0.0883. The third kappa shape index (κ3) is 3.28. The molecule has 2 rings (SSSR count). The second-order valence-corrected chi connectivity index (χ2v) is 4.13. The van der Waals surface area contributed by atoms with Crippen molar-refractivity contribution in [1.82, 2.24) is 15.0 Å². The molecule has 1 aromatic heterocycles. The summed E-state index contributed by atoms with van der Waals surface area (Å²) < 4.78 is 6.42. The van der Waals surface area contributed by atoms with E-state index in [-0.39, 0.29) is 18.5 Å². The van der Waals surface area contributed by atoms with Gasteiger partial charge in [0, 0.05) is 4.47 Å². The lowest BCUT2D eigenvalue weighted by Crippen LogP contribution is -2.09. The zero-order valence-electron chi connectivity index (χ0n) is 8.80. The molecule has 2 aromatic rings. The number of anilines is 2. The van der Waals surface area contributed by atoms with E-state index < -0.39 is 0 Å². The Balaban J connectivity index is 2.07. The number of benzene rings is 1. The van der Waals surface area contributed by atoms with E-state index in [1.807, 2.05) is 24.3 Å². The van der Waals surface area contributed by atoms with Gasteiger partial charge in [-0.15, -0.1) is 0 Å². The lowest BCUT2D eigenvalue weighted by Gasteiger charge is -2.06. The summed E-state index contributed by atoms with van der Waals surface area (Å²) in [4.78, 5) is 11.5. The van der Waals surface area contributed by atoms with Gasteiger partial charge in [-0.25, -0.2) is 0 Å². The summed E-state index contributed by atoms with van der Waals surface area (Å²) in [6.45, 7) is 0.188. The van der Waals surface area contributed by atoms with E-state index in [9.17, 15) is 0 Å². The molecule has 0 spiro atoms. The van der Waals surface area contributed by atoms with Crippen molar-refractivity contribution >= 4 is 27.8 Å². The van der Waals surface area contributed by atoms with Crippen molar-refractivity contribution in [2.24, 2.45) is 0 Å². The van der Waals surface area contributed by atoms with Crippen LogP contribution in [0.25, 0.3) is 0 Å². The molecule has 0 bridgehead atoms. The third-order valence-electron chi connectivity index (χ3n) is 1.88. The Morgan fingerprint density at radius 3 is 2.47 bits per heavy atom. The smallest absolute Gasteiger partial charge is 0.225 e. The highest BCUT2D eigenvalue weighted by atomic mass is 79.9. The Morgan fingerprint density at radius 1 is 1.12 bits per heavy atom. The Morgan fingerprint density at radius 2 is 1.82 bits per heavy atom. The molecule has 0 aliphatic carbocycles. The molecule has 0 saturated carbocycles. The molecule has 0 amide bonds. The van der Waals surface area contributed by atoms with Crippen LogP contribution in [0.2, 0.25) is 0 Å². The molecule has 7 heteroatoms. The Labute approximate surface area is 106 Å². The standard InChI is InChI=1S/C10H10BrN5O/c11-6-2-1-3-7(4-6)17-5-8-14-9(12)16-10(13)15-8/h1-4H,5H2,(H4,12,13,14,15,16). The van der Waals surface area contributed by atoms with Crippen LogP contribution in [0.3, 0.4) is 0 Å². The quantitative estimate of drug-likeness (QED) is 0.887. The van der Waals surface area contributed by atoms with E-state index >= 15 is 0 Å². The number of halogens is 1. The molecule has 6 nitrogen and oxygen atoms in total. The summed E-state index contributed by atoms with van der Waals surface area (Å²) in [6.07, 6.45) is 0. The number of nitrogens with zero attached hydrogens (tertiary/aromatic N) is 3. The average molecular weight is 296 g/mol. The first-order valence-electron chi connectivity index (χ1n) is 4.78. The number of rotatable bonds is 3. The van der Waals surface area contributed by atoms with Crippen LogP contribution < -0.4 is 16.2 Å². The van der Waals surface area contributed by atoms with Crippen molar-refractivity contribution < 1.29 is 4.74 Å². The second-order valence-electron chi connectivity index (χ2n) is 3.21. The Kier molecular flexibility index (Phi) is 3.38. The van der Waals surface area contributed by atoms with Gasteiger partial charge in [0.1, 0.15) is 12.4 Å². The fourth-order valence-corrected chi connectivity index (χ4v) is 1.60. The summed E-state index contributed by atoms with van der Waals surface area (Å²) in [5.41, 5.74) is 10.9. The molecular formula is C10H10BrN5O. The zero-order valence-corrected chi connectivity index (χ0v) is 10.4. The van der Waals surface area contributed by atoms with E-state index in [0.29, 0.717) is 11.6 Å². The molecular weight excluding hydrogens is 286 g/mol. The van der Waals surface area contributed by atoms with E-state index in [2.05, 4.69) is 30.9 Å². The van der Waals surface area contributed by atoms with Crippen molar-refractivity contribution in [3.8, 4) is 5.75 Å². The summed E-state index contributed by atoms with van der Waals surface area (Å²) in [7, 11) is 0. The normalized spacial score (nSPS) is 10.2. The van der Waals surface area contributed by atoms with Gasteiger partial charge in [0.15, 0.2) is 5.82 Å². The van der Waals surface area contributed by atoms with Crippen LogP contribution in [0, 0.1) is 0 Å². The summed E-state index contributed by atoms with van der Waals surface area (Å²) in [5, 5.41) is 0. The van der Waals surface area contributed by atoms with Crippen molar-refractivity contribution in [3.05, 3.63) is 34.6 Å². The van der Waals surface area contributed by atoms with Crippen LogP contribution in [-0.4, -0.2) is 15.0 Å². The van der Waals surface area contributed by atoms with Gasteiger partial charge in [-0.2, -0.15) is 15.0 Å². The Hall–Kier alpha value is -1.89. The molecule has 0 aliphatic heterocycles.